The fraction of sp³-hybridized carbons (Fsp3) is 0.632. The van der Waals surface area contributed by atoms with Crippen LogP contribution in [0.5, 0.6) is 0 Å². The summed E-state index contributed by atoms with van der Waals surface area (Å²) in [6, 6.07) is 2.62. The average Bonchev–Trinajstić information content (AvgIpc) is 3.02. The zero-order valence-corrected chi connectivity index (χ0v) is 16.1. The van der Waals surface area contributed by atoms with Gasteiger partial charge in [0.05, 0.1) is 22.7 Å². The van der Waals surface area contributed by atoms with Crippen molar-refractivity contribution in [1.82, 2.24) is 5.32 Å². The van der Waals surface area contributed by atoms with Gasteiger partial charge in [0.15, 0.2) is 0 Å². The van der Waals surface area contributed by atoms with Gasteiger partial charge in [-0.2, -0.15) is 0 Å². The van der Waals surface area contributed by atoms with Crippen molar-refractivity contribution in [3.8, 4) is 0 Å². The third-order valence-corrected chi connectivity index (χ3v) is 5.69. The summed E-state index contributed by atoms with van der Waals surface area (Å²) in [6.45, 7) is 1.76. The second kappa shape index (κ2) is 7.89. The molecule has 2 N–H and O–H groups in total. The van der Waals surface area contributed by atoms with Gasteiger partial charge in [0.2, 0.25) is 0 Å². The van der Waals surface area contributed by atoms with Crippen LogP contribution in [-0.4, -0.2) is 42.9 Å². The molecule has 9 heteroatoms. The number of anilines is 2. The Morgan fingerprint density at radius 1 is 1.29 bits per heavy atom. The van der Waals surface area contributed by atoms with Gasteiger partial charge in [-0.15, -0.1) is 0 Å². The monoisotopic (exact) mass is 396 g/mol. The van der Waals surface area contributed by atoms with Crippen LogP contribution in [-0.2, 0) is 0 Å². The van der Waals surface area contributed by atoms with E-state index in [-0.39, 0.29) is 35.9 Å². The quantitative estimate of drug-likeness (QED) is 0.584. The summed E-state index contributed by atoms with van der Waals surface area (Å²) in [4.78, 5) is 25.2. The van der Waals surface area contributed by atoms with Gasteiger partial charge in [-0.1, -0.05) is 6.92 Å². The lowest BCUT2D eigenvalue weighted by Crippen LogP contribution is -2.38. The second-order valence-electron chi connectivity index (χ2n) is 7.85. The smallest absolute Gasteiger partial charge is 0.293 e. The van der Waals surface area contributed by atoms with Crippen LogP contribution in [0, 0.1) is 16.0 Å². The Bertz CT molecular complexity index is 764. The minimum Gasteiger partial charge on any atom is -0.383 e. The van der Waals surface area contributed by atoms with Crippen molar-refractivity contribution in [2.24, 2.45) is 5.92 Å². The number of nitro groups is 1. The summed E-state index contributed by atoms with van der Waals surface area (Å²) >= 11 is 0. The van der Waals surface area contributed by atoms with E-state index in [1.165, 1.54) is 24.1 Å². The van der Waals surface area contributed by atoms with E-state index in [9.17, 15) is 23.7 Å². The molecule has 1 aliphatic carbocycles. The van der Waals surface area contributed by atoms with E-state index < -0.39 is 23.3 Å². The SMILES string of the molecule is CNc1cc(N2CCC(F)(F)C2)c(C(=O)N[C@H]2CC[C@H](C)CC2)cc1[N+](=O)[O-]. The van der Waals surface area contributed by atoms with Gasteiger partial charge in [-0.3, -0.25) is 14.9 Å². The van der Waals surface area contributed by atoms with Crippen molar-refractivity contribution in [3.05, 3.63) is 27.8 Å². The molecule has 0 spiro atoms. The van der Waals surface area contributed by atoms with E-state index in [2.05, 4.69) is 17.6 Å². The van der Waals surface area contributed by atoms with Gasteiger partial charge in [0.25, 0.3) is 17.5 Å². The number of nitrogens with one attached hydrogen (secondary N) is 2. The lowest BCUT2D eigenvalue weighted by Gasteiger charge is -2.28. The Morgan fingerprint density at radius 2 is 1.96 bits per heavy atom. The molecular weight excluding hydrogens is 370 g/mol. The molecule has 3 rings (SSSR count). The largest absolute Gasteiger partial charge is 0.383 e. The number of amides is 1. The normalized spacial score (nSPS) is 24.1. The Labute approximate surface area is 162 Å². The van der Waals surface area contributed by atoms with Crippen molar-refractivity contribution in [1.29, 1.82) is 0 Å². The molecule has 0 unspecified atom stereocenters. The van der Waals surface area contributed by atoms with E-state index in [0.29, 0.717) is 11.6 Å². The van der Waals surface area contributed by atoms with E-state index in [1.54, 1.807) is 0 Å². The first kappa shape index (κ1) is 20.3. The number of hydrogen-bond acceptors (Lipinski definition) is 5. The first-order valence-electron chi connectivity index (χ1n) is 9.64. The highest BCUT2D eigenvalue weighted by Crippen LogP contribution is 2.38. The Balaban J connectivity index is 1.93. The number of nitro benzene ring substituents is 1. The van der Waals surface area contributed by atoms with Crippen LogP contribution in [0.15, 0.2) is 12.1 Å². The van der Waals surface area contributed by atoms with Gasteiger partial charge in [-0.05, 0) is 37.7 Å². The molecule has 7 nitrogen and oxygen atoms in total. The van der Waals surface area contributed by atoms with E-state index in [4.69, 9.17) is 0 Å². The maximum atomic E-state index is 13.7. The molecule has 0 bridgehead atoms. The van der Waals surface area contributed by atoms with Crippen LogP contribution in [0.2, 0.25) is 0 Å². The van der Waals surface area contributed by atoms with Crippen LogP contribution in [0.1, 0.15) is 49.4 Å². The number of carbonyl (C=O) groups excluding carboxylic acids is 1. The maximum Gasteiger partial charge on any atom is 0.293 e. The molecule has 2 fully saturated rings. The van der Waals surface area contributed by atoms with Crippen LogP contribution >= 0.6 is 0 Å². The summed E-state index contributed by atoms with van der Waals surface area (Å²) in [7, 11) is 1.52. The van der Waals surface area contributed by atoms with Crippen LogP contribution in [0.4, 0.5) is 25.8 Å². The van der Waals surface area contributed by atoms with Gasteiger partial charge >= 0.3 is 0 Å². The lowest BCUT2D eigenvalue weighted by atomic mass is 9.87. The zero-order chi connectivity index (χ0) is 20.5. The summed E-state index contributed by atoms with van der Waals surface area (Å²) in [5.74, 6) is -2.67. The molecule has 0 aromatic heterocycles. The molecule has 1 amide bonds. The predicted octanol–water partition coefficient (Wildman–Crippen LogP) is 3.79. The number of carbonyl (C=O) groups is 1. The van der Waals surface area contributed by atoms with Crippen LogP contribution in [0.25, 0.3) is 0 Å². The average molecular weight is 396 g/mol. The number of rotatable bonds is 5. The van der Waals surface area contributed by atoms with E-state index in [0.717, 1.165) is 25.7 Å². The maximum absolute atomic E-state index is 13.7. The number of alkyl halides is 2. The Hall–Kier alpha value is -2.45. The minimum atomic E-state index is -2.84. The van der Waals surface area contributed by atoms with Gasteiger partial charge in [0.1, 0.15) is 5.69 Å². The number of benzene rings is 1. The van der Waals surface area contributed by atoms with Crippen molar-refractivity contribution in [3.63, 3.8) is 0 Å². The zero-order valence-electron chi connectivity index (χ0n) is 16.1. The molecule has 0 atom stereocenters. The highest BCUT2D eigenvalue weighted by atomic mass is 19.3. The Kier molecular flexibility index (Phi) is 5.71. The fourth-order valence-corrected chi connectivity index (χ4v) is 3.98. The molecule has 1 heterocycles. The summed E-state index contributed by atoms with van der Waals surface area (Å²) < 4.78 is 27.5. The molecule has 1 aromatic rings. The first-order chi connectivity index (χ1) is 13.2. The molecule has 154 valence electrons. The Morgan fingerprint density at radius 3 is 2.50 bits per heavy atom. The molecule has 2 aliphatic rings. The summed E-state index contributed by atoms with van der Waals surface area (Å²) in [5, 5.41) is 17.1. The van der Waals surface area contributed by atoms with Gasteiger partial charge in [-0.25, -0.2) is 8.78 Å². The number of halogens is 2. The molecule has 1 saturated carbocycles. The highest BCUT2D eigenvalue weighted by molar-refractivity contribution is 6.02. The van der Waals surface area contributed by atoms with Gasteiger partial charge < -0.3 is 15.5 Å². The second-order valence-corrected chi connectivity index (χ2v) is 7.85. The number of nitrogens with zero attached hydrogens (tertiary/aromatic N) is 2. The molecule has 1 saturated heterocycles. The topological polar surface area (TPSA) is 87.5 Å². The van der Waals surface area contributed by atoms with Crippen molar-refractivity contribution < 1.29 is 18.5 Å². The summed E-state index contributed by atoms with van der Waals surface area (Å²) in [5.41, 5.74) is 0.314. The molecular formula is C19H26F2N4O3. The van der Waals surface area contributed by atoms with Crippen LogP contribution < -0.4 is 15.5 Å². The standard InChI is InChI=1S/C19H26F2N4O3/c1-12-3-5-13(6-4-12)23-18(26)14-9-17(25(27)28)15(22-2)10-16(14)24-8-7-19(20,21)11-24/h9-10,12-13,22H,3-8,11H2,1-2H3,(H,23,26)/t12-,13-. The fourth-order valence-electron chi connectivity index (χ4n) is 3.98. The van der Waals surface area contributed by atoms with E-state index in [1.807, 2.05) is 0 Å². The van der Waals surface area contributed by atoms with Gasteiger partial charge in [0, 0.05) is 32.1 Å². The molecule has 28 heavy (non-hydrogen) atoms. The number of hydrogen-bond donors (Lipinski definition) is 2. The molecule has 0 radical (unpaired) electrons. The molecule has 1 aliphatic heterocycles. The lowest BCUT2D eigenvalue weighted by molar-refractivity contribution is -0.383. The van der Waals surface area contributed by atoms with Crippen LogP contribution in [0.3, 0.4) is 0 Å². The third-order valence-electron chi connectivity index (χ3n) is 5.69. The highest BCUT2D eigenvalue weighted by Gasteiger charge is 2.40. The van der Waals surface area contributed by atoms with Crippen molar-refractivity contribution >= 4 is 23.0 Å². The summed E-state index contributed by atoms with van der Waals surface area (Å²) in [6.07, 6.45) is 3.41. The third kappa shape index (κ3) is 4.34. The van der Waals surface area contributed by atoms with Crippen molar-refractivity contribution in [2.75, 3.05) is 30.4 Å². The molecule has 1 aromatic carbocycles. The van der Waals surface area contributed by atoms with E-state index >= 15 is 0 Å². The minimum absolute atomic E-state index is 0.000369. The van der Waals surface area contributed by atoms with Crippen molar-refractivity contribution in [2.45, 2.75) is 51.0 Å². The first-order valence-corrected chi connectivity index (χ1v) is 9.64. The predicted molar refractivity (Wildman–Crippen MR) is 103 cm³/mol.